The standard InChI is InChI=1S/C12H14S/c1-3-7-11(2)10-13-12-8-5-4-6-9-12/h3-6,8-9H,1-2,7,10H2. The summed E-state index contributed by atoms with van der Waals surface area (Å²) in [4.78, 5) is 1.30. The van der Waals surface area contributed by atoms with E-state index in [4.69, 9.17) is 0 Å². The van der Waals surface area contributed by atoms with Crippen LogP contribution < -0.4 is 0 Å². The van der Waals surface area contributed by atoms with Gasteiger partial charge in [-0.15, -0.1) is 18.3 Å². The third-order valence-electron chi connectivity index (χ3n) is 1.62. The van der Waals surface area contributed by atoms with Crippen LogP contribution >= 0.6 is 11.8 Å². The number of allylic oxidation sites excluding steroid dienone is 1. The van der Waals surface area contributed by atoms with E-state index in [1.165, 1.54) is 10.5 Å². The summed E-state index contributed by atoms with van der Waals surface area (Å²) in [6.07, 6.45) is 2.81. The molecule has 0 N–H and O–H groups in total. The molecule has 0 aliphatic carbocycles. The van der Waals surface area contributed by atoms with E-state index in [-0.39, 0.29) is 0 Å². The summed E-state index contributed by atoms with van der Waals surface area (Å²) in [6, 6.07) is 10.4. The van der Waals surface area contributed by atoms with Gasteiger partial charge in [0.2, 0.25) is 0 Å². The van der Waals surface area contributed by atoms with Crippen LogP contribution in [0.2, 0.25) is 0 Å². The molecule has 0 aromatic heterocycles. The van der Waals surface area contributed by atoms with Crippen LogP contribution in [0.1, 0.15) is 6.42 Å². The second kappa shape index (κ2) is 5.65. The molecule has 13 heavy (non-hydrogen) atoms. The number of hydrogen-bond acceptors (Lipinski definition) is 1. The molecule has 1 aromatic carbocycles. The second-order valence-corrected chi connectivity index (χ2v) is 3.89. The third kappa shape index (κ3) is 4.00. The van der Waals surface area contributed by atoms with Crippen molar-refractivity contribution in [3.05, 3.63) is 55.1 Å². The van der Waals surface area contributed by atoms with Gasteiger partial charge in [0.15, 0.2) is 0 Å². The number of benzene rings is 1. The lowest BCUT2D eigenvalue weighted by Gasteiger charge is -2.02. The van der Waals surface area contributed by atoms with Crippen LogP contribution in [0.4, 0.5) is 0 Å². The Morgan fingerprint density at radius 2 is 2.00 bits per heavy atom. The molecule has 0 spiro atoms. The molecule has 1 aromatic rings. The van der Waals surface area contributed by atoms with Crippen LogP contribution in [0.15, 0.2) is 60.0 Å². The van der Waals surface area contributed by atoms with Crippen molar-refractivity contribution in [1.29, 1.82) is 0 Å². The van der Waals surface area contributed by atoms with Crippen molar-refractivity contribution in [2.75, 3.05) is 5.75 Å². The lowest BCUT2D eigenvalue weighted by molar-refractivity contribution is 1.24. The van der Waals surface area contributed by atoms with Gasteiger partial charge in [0, 0.05) is 10.6 Å². The Hall–Kier alpha value is -0.950. The minimum absolute atomic E-state index is 0.917. The lowest BCUT2D eigenvalue weighted by Crippen LogP contribution is -1.83. The molecule has 0 nitrogen and oxygen atoms in total. The Kier molecular flexibility index (Phi) is 4.41. The van der Waals surface area contributed by atoms with Crippen LogP contribution in [-0.4, -0.2) is 5.75 Å². The second-order valence-electron chi connectivity index (χ2n) is 2.84. The zero-order valence-corrected chi connectivity index (χ0v) is 8.52. The maximum absolute atomic E-state index is 3.97. The molecule has 0 saturated heterocycles. The molecule has 1 rings (SSSR count). The Balaban J connectivity index is 2.35. The Labute approximate surface area is 84.4 Å². The maximum atomic E-state index is 3.97. The monoisotopic (exact) mass is 190 g/mol. The number of rotatable bonds is 5. The molecule has 1 heteroatoms. The van der Waals surface area contributed by atoms with Crippen molar-refractivity contribution >= 4 is 11.8 Å². The molecule has 0 amide bonds. The smallest absolute Gasteiger partial charge is 0.0191 e. The van der Waals surface area contributed by atoms with Gasteiger partial charge in [-0.2, -0.15) is 0 Å². The predicted molar refractivity (Wildman–Crippen MR) is 61.1 cm³/mol. The van der Waals surface area contributed by atoms with E-state index in [2.05, 4.69) is 37.4 Å². The van der Waals surface area contributed by atoms with E-state index in [9.17, 15) is 0 Å². The molecule has 0 bridgehead atoms. The van der Waals surface area contributed by atoms with Crippen molar-refractivity contribution in [3.63, 3.8) is 0 Å². The predicted octanol–water partition coefficient (Wildman–Crippen LogP) is 3.91. The fourth-order valence-electron chi connectivity index (χ4n) is 0.965. The van der Waals surface area contributed by atoms with Gasteiger partial charge in [-0.05, 0) is 18.6 Å². The fraction of sp³-hybridized carbons (Fsp3) is 0.167. The summed E-state index contributed by atoms with van der Waals surface area (Å²) in [5.41, 5.74) is 1.23. The fourth-order valence-corrected chi connectivity index (χ4v) is 1.80. The van der Waals surface area contributed by atoms with Gasteiger partial charge in [-0.1, -0.05) is 36.4 Å². The van der Waals surface area contributed by atoms with Gasteiger partial charge in [-0.3, -0.25) is 0 Å². The highest BCUT2D eigenvalue weighted by Crippen LogP contribution is 2.20. The van der Waals surface area contributed by atoms with Crippen LogP contribution in [-0.2, 0) is 0 Å². The first-order chi connectivity index (χ1) is 6.33. The van der Waals surface area contributed by atoms with Crippen LogP contribution in [0.5, 0.6) is 0 Å². The highest BCUT2D eigenvalue weighted by atomic mass is 32.2. The highest BCUT2D eigenvalue weighted by Gasteiger charge is 1.94. The zero-order chi connectivity index (χ0) is 9.52. The average molecular weight is 190 g/mol. The van der Waals surface area contributed by atoms with Gasteiger partial charge < -0.3 is 0 Å². The molecular weight excluding hydrogens is 176 g/mol. The summed E-state index contributed by atoms with van der Waals surface area (Å²) < 4.78 is 0. The summed E-state index contributed by atoms with van der Waals surface area (Å²) in [6.45, 7) is 7.65. The van der Waals surface area contributed by atoms with E-state index < -0.39 is 0 Å². The SMILES string of the molecule is C=CCC(=C)CSc1ccccc1. The van der Waals surface area contributed by atoms with Crippen molar-refractivity contribution < 1.29 is 0 Å². The van der Waals surface area contributed by atoms with Gasteiger partial charge in [0.1, 0.15) is 0 Å². The maximum Gasteiger partial charge on any atom is 0.0191 e. The molecule has 0 heterocycles. The number of thioether (sulfide) groups is 1. The highest BCUT2D eigenvalue weighted by molar-refractivity contribution is 7.99. The number of hydrogen-bond donors (Lipinski definition) is 0. The lowest BCUT2D eigenvalue weighted by atomic mass is 10.2. The Morgan fingerprint density at radius 3 is 2.62 bits per heavy atom. The quantitative estimate of drug-likeness (QED) is 0.501. The van der Waals surface area contributed by atoms with Crippen LogP contribution in [0.25, 0.3) is 0 Å². The van der Waals surface area contributed by atoms with Crippen molar-refractivity contribution in [2.24, 2.45) is 0 Å². The van der Waals surface area contributed by atoms with Crippen molar-refractivity contribution in [2.45, 2.75) is 11.3 Å². The first-order valence-electron chi connectivity index (χ1n) is 4.28. The minimum Gasteiger partial charge on any atom is -0.122 e. The molecule has 0 fully saturated rings. The zero-order valence-electron chi connectivity index (χ0n) is 7.70. The van der Waals surface area contributed by atoms with Crippen molar-refractivity contribution in [1.82, 2.24) is 0 Å². The summed E-state index contributed by atoms with van der Waals surface area (Å²) >= 11 is 1.82. The average Bonchev–Trinajstić information content (AvgIpc) is 2.17. The molecule has 68 valence electrons. The normalized spacial score (nSPS) is 9.54. The van der Waals surface area contributed by atoms with Gasteiger partial charge >= 0.3 is 0 Å². The van der Waals surface area contributed by atoms with E-state index in [0.717, 1.165) is 12.2 Å². The van der Waals surface area contributed by atoms with E-state index in [1.54, 1.807) is 0 Å². The molecular formula is C12H14S. The summed E-state index contributed by atoms with van der Waals surface area (Å²) in [7, 11) is 0. The van der Waals surface area contributed by atoms with Gasteiger partial charge in [-0.25, -0.2) is 0 Å². The topological polar surface area (TPSA) is 0 Å². The first-order valence-corrected chi connectivity index (χ1v) is 5.27. The summed E-state index contributed by atoms with van der Waals surface area (Å²) in [5.74, 6) is 0.982. The van der Waals surface area contributed by atoms with E-state index in [0.29, 0.717) is 0 Å². The Morgan fingerprint density at radius 1 is 1.31 bits per heavy atom. The van der Waals surface area contributed by atoms with Gasteiger partial charge in [0.05, 0.1) is 0 Å². The molecule has 0 unspecified atom stereocenters. The Bertz CT molecular complexity index is 274. The summed E-state index contributed by atoms with van der Waals surface area (Å²) in [5, 5.41) is 0. The molecule has 0 aliphatic heterocycles. The molecule has 0 aliphatic rings. The van der Waals surface area contributed by atoms with E-state index >= 15 is 0 Å². The molecule has 0 saturated carbocycles. The molecule has 0 atom stereocenters. The van der Waals surface area contributed by atoms with Crippen LogP contribution in [0.3, 0.4) is 0 Å². The van der Waals surface area contributed by atoms with E-state index in [1.807, 2.05) is 23.9 Å². The largest absolute Gasteiger partial charge is 0.122 e. The first kappa shape index (κ1) is 10.1. The van der Waals surface area contributed by atoms with Crippen molar-refractivity contribution in [3.8, 4) is 0 Å². The van der Waals surface area contributed by atoms with Gasteiger partial charge in [0.25, 0.3) is 0 Å². The molecule has 0 radical (unpaired) electrons. The minimum atomic E-state index is 0.917. The third-order valence-corrected chi connectivity index (χ3v) is 2.78. The van der Waals surface area contributed by atoms with Crippen LogP contribution in [0, 0.1) is 0 Å².